The molecule has 0 aliphatic carbocycles. The summed E-state index contributed by atoms with van der Waals surface area (Å²) >= 11 is 2.22. The first kappa shape index (κ1) is 11.9. The van der Waals surface area contributed by atoms with Crippen LogP contribution < -0.4 is 0 Å². The minimum atomic E-state index is -0.523. The molecule has 0 spiro atoms. The Kier molecular flexibility index (Phi) is 4.84. The summed E-state index contributed by atoms with van der Waals surface area (Å²) in [6.45, 7) is 4.28. The molecule has 0 saturated carbocycles. The van der Waals surface area contributed by atoms with Crippen LogP contribution in [0, 0.1) is 3.57 Å². The first-order valence-corrected chi connectivity index (χ1v) is 5.73. The molecule has 78 valence electrons. The molecule has 0 aliphatic heterocycles. The van der Waals surface area contributed by atoms with Gasteiger partial charge in [-0.05, 0) is 48.1 Å². The van der Waals surface area contributed by atoms with E-state index in [-0.39, 0.29) is 6.10 Å². The van der Waals surface area contributed by atoms with Crippen molar-refractivity contribution >= 4 is 22.6 Å². The molecule has 1 N–H and O–H groups in total. The molecule has 0 bridgehead atoms. The molecule has 1 unspecified atom stereocenters. The summed E-state index contributed by atoms with van der Waals surface area (Å²) in [6.07, 6.45) is -0.364. The van der Waals surface area contributed by atoms with Crippen LogP contribution in [0.5, 0.6) is 0 Å². The highest BCUT2D eigenvalue weighted by Crippen LogP contribution is 2.20. The predicted octanol–water partition coefficient (Wildman–Crippen LogP) is 2.75. The van der Waals surface area contributed by atoms with E-state index in [4.69, 9.17) is 4.74 Å². The van der Waals surface area contributed by atoms with Gasteiger partial charge in [0.25, 0.3) is 0 Å². The van der Waals surface area contributed by atoms with Crippen molar-refractivity contribution < 1.29 is 9.84 Å². The molecule has 14 heavy (non-hydrogen) atoms. The lowest BCUT2D eigenvalue weighted by Crippen LogP contribution is -2.12. The first-order chi connectivity index (χ1) is 6.61. The van der Waals surface area contributed by atoms with Crippen LogP contribution >= 0.6 is 22.6 Å². The molecular formula is C11H15IO2. The Labute approximate surface area is 98.4 Å². The molecule has 3 heteroatoms. The molecular weight excluding hydrogens is 291 g/mol. The second kappa shape index (κ2) is 5.68. The Bertz CT molecular complexity index is 286. The minimum absolute atomic E-state index is 0.158. The van der Waals surface area contributed by atoms with Crippen molar-refractivity contribution in [2.75, 3.05) is 6.61 Å². The van der Waals surface area contributed by atoms with Crippen LogP contribution in [0.15, 0.2) is 24.3 Å². The van der Waals surface area contributed by atoms with Gasteiger partial charge in [-0.3, -0.25) is 0 Å². The van der Waals surface area contributed by atoms with Crippen LogP contribution in [0.25, 0.3) is 0 Å². The van der Waals surface area contributed by atoms with Gasteiger partial charge < -0.3 is 9.84 Å². The van der Waals surface area contributed by atoms with Crippen molar-refractivity contribution in [2.45, 2.75) is 26.1 Å². The van der Waals surface area contributed by atoms with Crippen LogP contribution in [0.1, 0.15) is 25.5 Å². The number of hydrogen-bond donors (Lipinski definition) is 1. The lowest BCUT2D eigenvalue weighted by molar-refractivity contribution is 0.00462. The third-order valence-electron chi connectivity index (χ3n) is 1.85. The molecule has 1 atom stereocenters. The quantitative estimate of drug-likeness (QED) is 0.867. The largest absolute Gasteiger partial charge is 0.386 e. The Hall–Kier alpha value is -0.130. The summed E-state index contributed by atoms with van der Waals surface area (Å²) in [6, 6.07) is 7.79. The van der Waals surface area contributed by atoms with Gasteiger partial charge in [0.05, 0.1) is 12.7 Å². The fourth-order valence-corrected chi connectivity index (χ4v) is 1.87. The Morgan fingerprint density at radius 1 is 1.36 bits per heavy atom. The highest BCUT2D eigenvalue weighted by molar-refractivity contribution is 14.1. The topological polar surface area (TPSA) is 29.5 Å². The van der Waals surface area contributed by atoms with Gasteiger partial charge in [-0.25, -0.2) is 0 Å². The molecule has 0 aliphatic rings. The van der Waals surface area contributed by atoms with Gasteiger partial charge in [0.15, 0.2) is 0 Å². The second-order valence-electron chi connectivity index (χ2n) is 3.42. The van der Waals surface area contributed by atoms with E-state index < -0.39 is 6.10 Å². The minimum Gasteiger partial charge on any atom is -0.386 e. The summed E-state index contributed by atoms with van der Waals surface area (Å²) in [5.74, 6) is 0. The molecule has 1 aromatic rings. The predicted molar refractivity (Wildman–Crippen MR) is 65.2 cm³/mol. The number of benzene rings is 1. The molecule has 0 saturated heterocycles. The third kappa shape index (κ3) is 3.55. The van der Waals surface area contributed by atoms with Gasteiger partial charge in [0.1, 0.15) is 6.10 Å². The lowest BCUT2D eigenvalue weighted by Gasteiger charge is -2.14. The van der Waals surface area contributed by atoms with Gasteiger partial charge >= 0.3 is 0 Å². The second-order valence-corrected chi connectivity index (χ2v) is 4.58. The zero-order valence-electron chi connectivity index (χ0n) is 8.40. The van der Waals surface area contributed by atoms with E-state index in [9.17, 15) is 5.11 Å². The fourth-order valence-electron chi connectivity index (χ4n) is 1.12. The van der Waals surface area contributed by atoms with E-state index in [1.54, 1.807) is 0 Å². The molecule has 2 nitrogen and oxygen atoms in total. The van der Waals surface area contributed by atoms with Crippen molar-refractivity contribution in [3.05, 3.63) is 33.4 Å². The Morgan fingerprint density at radius 3 is 2.57 bits per heavy atom. The van der Waals surface area contributed by atoms with Gasteiger partial charge in [-0.1, -0.05) is 18.2 Å². The van der Waals surface area contributed by atoms with Gasteiger partial charge in [-0.2, -0.15) is 0 Å². The Morgan fingerprint density at radius 2 is 2.00 bits per heavy atom. The summed E-state index contributed by atoms with van der Waals surface area (Å²) in [5.41, 5.74) is 0.939. The van der Waals surface area contributed by atoms with Crippen molar-refractivity contribution in [1.82, 2.24) is 0 Å². The van der Waals surface area contributed by atoms with Gasteiger partial charge in [-0.15, -0.1) is 0 Å². The van der Waals surface area contributed by atoms with Crippen molar-refractivity contribution in [2.24, 2.45) is 0 Å². The zero-order chi connectivity index (χ0) is 10.6. The van der Waals surface area contributed by atoms with Gasteiger partial charge in [0, 0.05) is 3.57 Å². The first-order valence-electron chi connectivity index (χ1n) is 4.65. The van der Waals surface area contributed by atoms with E-state index in [2.05, 4.69) is 22.6 Å². The maximum Gasteiger partial charge on any atom is 0.103 e. The number of hydrogen-bond acceptors (Lipinski definition) is 2. The standard InChI is InChI=1S/C11H15IO2/c1-8(2)14-7-11(13)9-5-3-4-6-10(9)12/h3-6,8,11,13H,7H2,1-2H3. The van der Waals surface area contributed by atoms with Crippen molar-refractivity contribution in [1.29, 1.82) is 0 Å². The summed E-state index contributed by atoms with van der Waals surface area (Å²) in [4.78, 5) is 0. The maximum atomic E-state index is 9.82. The highest BCUT2D eigenvalue weighted by atomic mass is 127. The number of rotatable bonds is 4. The average Bonchev–Trinajstić information content (AvgIpc) is 2.15. The van der Waals surface area contributed by atoms with Crippen LogP contribution in [-0.2, 0) is 4.74 Å². The van der Waals surface area contributed by atoms with E-state index in [0.29, 0.717) is 6.61 Å². The van der Waals surface area contributed by atoms with Crippen molar-refractivity contribution in [3.8, 4) is 0 Å². The Balaban J connectivity index is 2.60. The van der Waals surface area contributed by atoms with Crippen LogP contribution in [-0.4, -0.2) is 17.8 Å². The summed E-state index contributed by atoms with van der Waals surface area (Å²) in [7, 11) is 0. The fraction of sp³-hybridized carbons (Fsp3) is 0.455. The van der Waals surface area contributed by atoms with E-state index in [1.807, 2.05) is 38.1 Å². The molecule has 0 fully saturated rings. The highest BCUT2D eigenvalue weighted by Gasteiger charge is 2.11. The molecule has 0 aromatic heterocycles. The number of aliphatic hydroxyl groups excluding tert-OH is 1. The van der Waals surface area contributed by atoms with E-state index >= 15 is 0 Å². The number of ether oxygens (including phenoxy) is 1. The molecule has 0 amide bonds. The SMILES string of the molecule is CC(C)OCC(O)c1ccccc1I. The van der Waals surface area contributed by atoms with Crippen LogP contribution in [0.4, 0.5) is 0 Å². The molecule has 0 heterocycles. The molecule has 0 radical (unpaired) electrons. The lowest BCUT2D eigenvalue weighted by atomic mass is 10.1. The zero-order valence-corrected chi connectivity index (χ0v) is 10.6. The molecule has 1 rings (SSSR count). The smallest absolute Gasteiger partial charge is 0.103 e. The van der Waals surface area contributed by atoms with E-state index in [0.717, 1.165) is 9.13 Å². The summed E-state index contributed by atoms with van der Waals surface area (Å²) in [5, 5.41) is 9.82. The monoisotopic (exact) mass is 306 g/mol. The van der Waals surface area contributed by atoms with Crippen LogP contribution in [0.3, 0.4) is 0 Å². The average molecular weight is 306 g/mol. The maximum absolute atomic E-state index is 9.82. The van der Waals surface area contributed by atoms with E-state index in [1.165, 1.54) is 0 Å². The van der Waals surface area contributed by atoms with Gasteiger partial charge in [0.2, 0.25) is 0 Å². The number of halogens is 1. The molecule has 1 aromatic carbocycles. The van der Waals surface area contributed by atoms with Crippen molar-refractivity contribution in [3.63, 3.8) is 0 Å². The van der Waals surface area contributed by atoms with Crippen LogP contribution in [0.2, 0.25) is 0 Å². The number of aliphatic hydroxyl groups is 1. The summed E-state index contributed by atoms with van der Waals surface area (Å²) < 4.78 is 6.43. The third-order valence-corrected chi connectivity index (χ3v) is 2.83. The normalized spacial score (nSPS) is 13.2.